The van der Waals surface area contributed by atoms with Crippen LogP contribution in [-0.2, 0) is 6.42 Å². The summed E-state index contributed by atoms with van der Waals surface area (Å²) in [4.78, 5) is 4.34. The van der Waals surface area contributed by atoms with Crippen molar-refractivity contribution < 1.29 is 5.11 Å². The third-order valence-electron chi connectivity index (χ3n) is 3.18. The number of hydrogen-bond acceptors (Lipinski definition) is 3. The van der Waals surface area contributed by atoms with Gasteiger partial charge in [-0.05, 0) is 11.8 Å². The fourth-order valence-corrected chi connectivity index (χ4v) is 2.01. The van der Waals surface area contributed by atoms with E-state index in [1.165, 1.54) is 0 Å². The van der Waals surface area contributed by atoms with Gasteiger partial charge in [0.15, 0.2) is 0 Å². The second-order valence-electron chi connectivity index (χ2n) is 5.64. The van der Waals surface area contributed by atoms with E-state index in [1.807, 2.05) is 10.8 Å². The molecule has 0 aliphatic rings. The summed E-state index contributed by atoms with van der Waals surface area (Å²) in [5, 5.41) is 9.60. The molecule has 1 heterocycles. The molecule has 1 aromatic rings. The monoisotopic (exact) mass is 239 g/mol. The minimum absolute atomic E-state index is 0.0405. The maximum absolute atomic E-state index is 9.60. The van der Waals surface area contributed by atoms with Gasteiger partial charge in [0.05, 0.1) is 12.6 Å². The summed E-state index contributed by atoms with van der Waals surface area (Å²) in [6, 6.07) is -0.198. The van der Waals surface area contributed by atoms with Gasteiger partial charge in [-0.25, -0.2) is 4.98 Å². The number of aliphatic hydroxyl groups excluding tert-OH is 1. The number of nitrogens with zero attached hydrogens (tertiary/aromatic N) is 2. The van der Waals surface area contributed by atoms with Crippen molar-refractivity contribution in [3.05, 3.63) is 18.2 Å². The van der Waals surface area contributed by atoms with Gasteiger partial charge in [0.25, 0.3) is 0 Å². The van der Waals surface area contributed by atoms with E-state index in [1.54, 1.807) is 6.20 Å². The molecule has 17 heavy (non-hydrogen) atoms. The molecule has 0 radical (unpaired) electrons. The molecule has 0 aliphatic heterocycles. The first kappa shape index (κ1) is 14.2. The zero-order valence-corrected chi connectivity index (χ0v) is 11.3. The van der Waals surface area contributed by atoms with Crippen molar-refractivity contribution >= 4 is 0 Å². The number of nitrogens with two attached hydrogens (primary N) is 1. The Morgan fingerprint density at radius 2 is 2.12 bits per heavy atom. The molecule has 0 saturated carbocycles. The molecule has 0 amide bonds. The maximum Gasteiger partial charge on any atom is 0.109 e. The molecule has 0 fully saturated rings. The minimum Gasteiger partial charge on any atom is -0.394 e. The number of aromatic nitrogens is 2. The third-order valence-corrected chi connectivity index (χ3v) is 3.18. The van der Waals surface area contributed by atoms with Crippen molar-refractivity contribution in [2.24, 2.45) is 11.1 Å². The Kier molecular flexibility index (Phi) is 4.71. The predicted molar refractivity (Wildman–Crippen MR) is 69.8 cm³/mol. The van der Waals surface area contributed by atoms with E-state index >= 15 is 0 Å². The van der Waals surface area contributed by atoms with E-state index in [4.69, 9.17) is 5.73 Å². The number of aryl methyl sites for hydroxylation is 1. The smallest absolute Gasteiger partial charge is 0.109 e. The number of aliphatic hydroxyl groups is 1. The molecule has 4 heteroatoms. The molecule has 0 spiro atoms. The summed E-state index contributed by atoms with van der Waals surface area (Å²) >= 11 is 0. The fraction of sp³-hybridized carbons (Fsp3) is 0.769. The van der Waals surface area contributed by atoms with Gasteiger partial charge in [0.2, 0.25) is 0 Å². The molecule has 0 aliphatic carbocycles. The van der Waals surface area contributed by atoms with Crippen LogP contribution in [0.1, 0.15) is 46.0 Å². The van der Waals surface area contributed by atoms with Crippen molar-refractivity contribution in [2.45, 2.75) is 52.6 Å². The van der Waals surface area contributed by atoms with Gasteiger partial charge in [-0.3, -0.25) is 0 Å². The standard InChI is InChI=1S/C13H25N3O/c1-5-6-11-15-7-8-16(11)10(9-17)12(14)13(2,3)4/h7-8,10,12,17H,5-6,9,14H2,1-4H3. The molecular weight excluding hydrogens is 214 g/mol. The van der Waals surface area contributed by atoms with Gasteiger partial charge in [-0.2, -0.15) is 0 Å². The summed E-state index contributed by atoms with van der Waals surface area (Å²) in [5.74, 6) is 1.01. The quantitative estimate of drug-likeness (QED) is 0.822. The summed E-state index contributed by atoms with van der Waals surface area (Å²) in [7, 11) is 0. The lowest BCUT2D eigenvalue weighted by Crippen LogP contribution is -2.44. The summed E-state index contributed by atoms with van der Waals surface area (Å²) < 4.78 is 2.03. The Balaban J connectivity index is 2.97. The van der Waals surface area contributed by atoms with E-state index in [0.29, 0.717) is 0 Å². The SMILES string of the molecule is CCCc1nccn1C(CO)C(N)C(C)(C)C. The lowest BCUT2D eigenvalue weighted by atomic mass is 9.83. The molecule has 2 unspecified atom stereocenters. The number of imidazole rings is 1. The molecule has 0 aromatic carbocycles. The normalized spacial score (nSPS) is 15.9. The van der Waals surface area contributed by atoms with Crippen LogP contribution in [0.3, 0.4) is 0 Å². The van der Waals surface area contributed by atoms with E-state index in [-0.39, 0.29) is 24.1 Å². The Morgan fingerprint density at radius 3 is 2.59 bits per heavy atom. The zero-order valence-electron chi connectivity index (χ0n) is 11.3. The van der Waals surface area contributed by atoms with Gasteiger partial charge in [-0.15, -0.1) is 0 Å². The molecule has 98 valence electrons. The molecule has 4 nitrogen and oxygen atoms in total. The van der Waals surface area contributed by atoms with Crippen molar-refractivity contribution in [3.63, 3.8) is 0 Å². The highest BCUT2D eigenvalue weighted by atomic mass is 16.3. The summed E-state index contributed by atoms with van der Waals surface area (Å²) in [5.41, 5.74) is 6.21. The van der Waals surface area contributed by atoms with Gasteiger partial charge in [0, 0.05) is 24.9 Å². The van der Waals surface area contributed by atoms with Crippen LogP contribution in [0.25, 0.3) is 0 Å². The Bertz CT molecular complexity index is 341. The first-order chi connectivity index (χ1) is 7.91. The molecular formula is C13H25N3O. The van der Waals surface area contributed by atoms with Crippen LogP contribution in [0.4, 0.5) is 0 Å². The second kappa shape index (κ2) is 5.65. The molecule has 1 aromatic heterocycles. The predicted octanol–water partition coefficient (Wildman–Crippen LogP) is 1.74. The van der Waals surface area contributed by atoms with Crippen LogP contribution in [-0.4, -0.2) is 27.3 Å². The summed E-state index contributed by atoms with van der Waals surface area (Å²) in [6.45, 7) is 8.45. The average molecular weight is 239 g/mol. The number of rotatable bonds is 5. The topological polar surface area (TPSA) is 64.1 Å². The first-order valence-corrected chi connectivity index (χ1v) is 6.30. The van der Waals surface area contributed by atoms with Crippen molar-refractivity contribution in [1.29, 1.82) is 0 Å². The minimum atomic E-state index is -0.0997. The highest BCUT2D eigenvalue weighted by Crippen LogP contribution is 2.27. The van der Waals surface area contributed by atoms with E-state index < -0.39 is 0 Å². The van der Waals surface area contributed by atoms with Crippen molar-refractivity contribution in [1.82, 2.24) is 9.55 Å². The second-order valence-corrected chi connectivity index (χ2v) is 5.64. The van der Waals surface area contributed by atoms with Crippen LogP contribution in [0.5, 0.6) is 0 Å². The number of hydrogen-bond donors (Lipinski definition) is 2. The maximum atomic E-state index is 9.60. The molecule has 0 saturated heterocycles. The van der Waals surface area contributed by atoms with Crippen LogP contribution < -0.4 is 5.73 Å². The van der Waals surface area contributed by atoms with E-state index in [0.717, 1.165) is 18.7 Å². The highest BCUT2D eigenvalue weighted by molar-refractivity contribution is 4.99. The van der Waals surface area contributed by atoms with Crippen molar-refractivity contribution in [2.75, 3.05) is 6.61 Å². The largest absolute Gasteiger partial charge is 0.394 e. The first-order valence-electron chi connectivity index (χ1n) is 6.30. The van der Waals surface area contributed by atoms with Gasteiger partial charge in [0.1, 0.15) is 5.82 Å². The average Bonchev–Trinajstić information content (AvgIpc) is 2.67. The van der Waals surface area contributed by atoms with Crippen LogP contribution in [0.2, 0.25) is 0 Å². The van der Waals surface area contributed by atoms with Gasteiger partial charge >= 0.3 is 0 Å². The third kappa shape index (κ3) is 3.30. The fourth-order valence-electron chi connectivity index (χ4n) is 2.01. The van der Waals surface area contributed by atoms with E-state index in [2.05, 4.69) is 32.7 Å². The van der Waals surface area contributed by atoms with Crippen LogP contribution in [0, 0.1) is 5.41 Å². The van der Waals surface area contributed by atoms with Gasteiger partial charge in [-0.1, -0.05) is 27.7 Å². The Morgan fingerprint density at radius 1 is 1.47 bits per heavy atom. The Hall–Kier alpha value is -0.870. The molecule has 0 bridgehead atoms. The van der Waals surface area contributed by atoms with Crippen LogP contribution in [0.15, 0.2) is 12.4 Å². The van der Waals surface area contributed by atoms with Gasteiger partial charge < -0.3 is 15.4 Å². The molecule has 2 atom stereocenters. The Labute approximate surface area is 104 Å². The summed E-state index contributed by atoms with van der Waals surface area (Å²) in [6.07, 6.45) is 5.65. The molecule has 1 rings (SSSR count). The highest BCUT2D eigenvalue weighted by Gasteiger charge is 2.30. The van der Waals surface area contributed by atoms with Crippen LogP contribution >= 0.6 is 0 Å². The lowest BCUT2D eigenvalue weighted by molar-refractivity contribution is 0.152. The van der Waals surface area contributed by atoms with Crippen molar-refractivity contribution in [3.8, 4) is 0 Å². The zero-order chi connectivity index (χ0) is 13.1. The molecule has 3 N–H and O–H groups in total. The lowest BCUT2D eigenvalue weighted by Gasteiger charge is -2.34. The van der Waals surface area contributed by atoms with E-state index in [9.17, 15) is 5.11 Å².